The Kier molecular flexibility index (Phi) is 5.18. The van der Waals surface area contributed by atoms with Gasteiger partial charge in [-0.25, -0.2) is 0 Å². The number of aromatic nitrogens is 2. The SMILES string of the molecule is Cc1nn(C)cc1C(CN)N1CCN(CC(C)C)CC1. The molecule has 1 aliphatic heterocycles. The Balaban J connectivity index is 1.99. The Labute approximate surface area is 122 Å². The average Bonchev–Trinajstić information content (AvgIpc) is 2.71. The first-order chi connectivity index (χ1) is 9.51. The van der Waals surface area contributed by atoms with Gasteiger partial charge in [-0.3, -0.25) is 9.58 Å². The molecule has 1 unspecified atom stereocenters. The molecule has 1 saturated heterocycles. The zero-order chi connectivity index (χ0) is 14.7. The summed E-state index contributed by atoms with van der Waals surface area (Å²) in [5.74, 6) is 0.743. The maximum atomic E-state index is 6.04. The lowest BCUT2D eigenvalue weighted by Gasteiger charge is -2.39. The van der Waals surface area contributed by atoms with Gasteiger partial charge in [0.2, 0.25) is 0 Å². The number of nitrogens with zero attached hydrogens (tertiary/aromatic N) is 4. The van der Waals surface area contributed by atoms with Crippen molar-refractivity contribution in [2.24, 2.45) is 18.7 Å². The second-order valence-corrected chi connectivity index (χ2v) is 6.33. The summed E-state index contributed by atoms with van der Waals surface area (Å²) < 4.78 is 1.89. The number of hydrogen-bond donors (Lipinski definition) is 1. The summed E-state index contributed by atoms with van der Waals surface area (Å²) in [7, 11) is 1.98. The van der Waals surface area contributed by atoms with Gasteiger partial charge in [0.15, 0.2) is 0 Å². The number of hydrogen-bond acceptors (Lipinski definition) is 4. The Morgan fingerprint density at radius 3 is 2.35 bits per heavy atom. The minimum absolute atomic E-state index is 0.310. The number of piperazine rings is 1. The van der Waals surface area contributed by atoms with E-state index < -0.39 is 0 Å². The highest BCUT2D eigenvalue weighted by molar-refractivity contribution is 5.20. The minimum Gasteiger partial charge on any atom is -0.329 e. The summed E-state index contributed by atoms with van der Waals surface area (Å²) in [6.45, 7) is 13.0. The van der Waals surface area contributed by atoms with Crippen LogP contribution in [0.2, 0.25) is 0 Å². The molecule has 0 radical (unpaired) electrons. The third kappa shape index (κ3) is 3.59. The molecule has 1 aliphatic rings. The van der Waals surface area contributed by atoms with Crippen molar-refractivity contribution in [1.29, 1.82) is 0 Å². The van der Waals surface area contributed by atoms with Crippen molar-refractivity contribution in [2.75, 3.05) is 39.3 Å². The third-order valence-electron chi connectivity index (χ3n) is 4.10. The average molecular weight is 279 g/mol. The first-order valence-corrected chi connectivity index (χ1v) is 7.68. The van der Waals surface area contributed by atoms with Crippen LogP contribution in [0.1, 0.15) is 31.1 Å². The molecule has 2 heterocycles. The molecule has 0 aliphatic carbocycles. The fourth-order valence-electron chi connectivity index (χ4n) is 3.19. The van der Waals surface area contributed by atoms with E-state index >= 15 is 0 Å². The van der Waals surface area contributed by atoms with Gasteiger partial charge in [-0.15, -0.1) is 0 Å². The number of aryl methyl sites for hydroxylation is 2. The van der Waals surface area contributed by atoms with Crippen LogP contribution in [0.4, 0.5) is 0 Å². The molecule has 0 saturated carbocycles. The van der Waals surface area contributed by atoms with Gasteiger partial charge in [0.1, 0.15) is 0 Å². The largest absolute Gasteiger partial charge is 0.329 e. The molecule has 1 aromatic rings. The van der Waals surface area contributed by atoms with E-state index in [0.717, 1.165) is 37.8 Å². The zero-order valence-electron chi connectivity index (χ0n) is 13.3. The monoisotopic (exact) mass is 279 g/mol. The molecular formula is C15H29N5. The summed E-state index contributed by atoms with van der Waals surface area (Å²) in [5, 5.41) is 4.45. The third-order valence-corrected chi connectivity index (χ3v) is 4.10. The van der Waals surface area contributed by atoms with Crippen molar-refractivity contribution in [1.82, 2.24) is 19.6 Å². The lowest BCUT2D eigenvalue weighted by molar-refractivity contribution is 0.0910. The lowest BCUT2D eigenvalue weighted by atomic mass is 10.1. The Morgan fingerprint density at radius 1 is 1.25 bits per heavy atom. The van der Waals surface area contributed by atoms with Crippen molar-refractivity contribution in [3.63, 3.8) is 0 Å². The van der Waals surface area contributed by atoms with Crippen molar-refractivity contribution >= 4 is 0 Å². The molecule has 1 aromatic heterocycles. The van der Waals surface area contributed by atoms with E-state index in [4.69, 9.17) is 5.73 Å². The molecule has 2 N–H and O–H groups in total. The molecule has 0 spiro atoms. The summed E-state index contributed by atoms with van der Waals surface area (Å²) in [6, 6.07) is 0.310. The predicted octanol–water partition coefficient (Wildman–Crippen LogP) is 1.00. The van der Waals surface area contributed by atoms with Crippen molar-refractivity contribution in [3.05, 3.63) is 17.5 Å². The van der Waals surface area contributed by atoms with Gasteiger partial charge in [-0.2, -0.15) is 5.10 Å². The van der Waals surface area contributed by atoms with E-state index in [1.807, 2.05) is 11.7 Å². The van der Waals surface area contributed by atoms with Crippen LogP contribution in [0.15, 0.2) is 6.20 Å². The van der Waals surface area contributed by atoms with Crippen molar-refractivity contribution in [2.45, 2.75) is 26.8 Å². The summed E-state index contributed by atoms with van der Waals surface area (Å²) in [4.78, 5) is 5.08. The molecule has 1 atom stereocenters. The normalized spacial score (nSPS) is 19.7. The topological polar surface area (TPSA) is 50.3 Å². The highest BCUT2D eigenvalue weighted by Gasteiger charge is 2.26. The van der Waals surface area contributed by atoms with Gasteiger partial charge in [0.05, 0.1) is 11.7 Å². The van der Waals surface area contributed by atoms with Gasteiger partial charge in [-0.1, -0.05) is 13.8 Å². The number of rotatable bonds is 5. The van der Waals surface area contributed by atoms with Gasteiger partial charge in [0.25, 0.3) is 0 Å². The highest BCUT2D eigenvalue weighted by atomic mass is 15.3. The maximum absolute atomic E-state index is 6.04. The van der Waals surface area contributed by atoms with E-state index in [-0.39, 0.29) is 0 Å². The first-order valence-electron chi connectivity index (χ1n) is 7.68. The van der Waals surface area contributed by atoms with Crippen LogP contribution >= 0.6 is 0 Å². The van der Waals surface area contributed by atoms with Crippen LogP contribution in [0.25, 0.3) is 0 Å². The first kappa shape index (κ1) is 15.5. The fraction of sp³-hybridized carbons (Fsp3) is 0.800. The van der Waals surface area contributed by atoms with E-state index in [1.54, 1.807) is 0 Å². The van der Waals surface area contributed by atoms with Crippen molar-refractivity contribution in [3.8, 4) is 0 Å². The van der Waals surface area contributed by atoms with Crippen LogP contribution in [0, 0.1) is 12.8 Å². The molecule has 114 valence electrons. The van der Waals surface area contributed by atoms with Crippen LogP contribution in [-0.4, -0.2) is 58.8 Å². The van der Waals surface area contributed by atoms with E-state index in [2.05, 4.69) is 41.9 Å². The Hall–Kier alpha value is -0.910. The second kappa shape index (κ2) is 6.70. The smallest absolute Gasteiger partial charge is 0.0641 e. The molecule has 5 nitrogen and oxygen atoms in total. The zero-order valence-corrected chi connectivity index (χ0v) is 13.3. The van der Waals surface area contributed by atoms with Gasteiger partial charge in [0, 0.05) is 58.1 Å². The molecule has 0 aromatic carbocycles. The molecule has 0 amide bonds. The van der Waals surface area contributed by atoms with Gasteiger partial charge >= 0.3 is 0 Å². The van der Waals surface area contributed by atoms with Crippen LogP contribution < -0.4 is 5.73 Å². The van der Waals surface area contributed by atoms with E-state index in [0.29, 0.717) is 12.6 Å². The molecule has 20 heavy (non-hydrogen) atoms. The summed E-state index contributed by atoms with van der Waals surface area (Å²) >= 11 is 0. The molecule has 1 fully saturated rings. The van der Waals surface area contributed by atoms with E-state index in [9.17, 15) is 0 Å². The van der Waals surface area contributed by atoms with Crippen LogP contribution in [-0.2, 0) is 7.05 Å². The van der Waals surface area contributed by atoms with Crippen LogP contribution in [0.5, 0.6) is 0 Å². The molecule has 0 bridgehead atoms. The van der Waals surface area contributed by atoms with Crippen LogP contribution in [0.3, 0.4) is 0 Å². The fourth-order valence-corrected chi connectivity index (χ4v) is 3.19. The molecule has 5 heteroatoms. The number of nitrogens with two attached hydrogens (primary N) is 1. The second-order valence-electron chi connectivity index (χ2n) is 6.33. The quantitative estimate of drug-likeness (QED) is 0.874. The maximum Gasteiger partial charge on any atom is 0.0641 e. The molecular weight excluding hydrogens is 250 g/mol. The lowest BCUT2D eigenvalue weighted by Crippen LogP contribution is -2.49. The summed E-state index contributed by atoms with van der Waals surface area (Å²) in [6.07, 6.45) is 2.12. The Morgan fingerprint density at radius 2 is 1.90 bits per heavy atom. The Bertz CT molecular complexity index is 418. The van der Waals surface area contributed by atoms with Gasteiger partial charge < -0.3 is 10.6 Å². The summed E-state index contributed by atoms with van der Waals surface area (Å²) in [5.41, 5.74) is 8.43. The van der Waals surface area contributed by atoms with Gasteiger partial charge in [-0.05, 0) is 12.8 Å². The van der Waals surface area contributed by atoms with E-state index in [1.165, 1.54) is 12.1 Å². The van der Waals surface area contributed by atoms with Crippen molar-refractivity contribution < 1.29 is 0 Å². The minimum atomic E-state index is 0.310. The highest BCUT2D eigenvalue weighted by Crippen LogP contribution is 2.23. The molecule has 2 rings (SSSR count). The standard InChI is InChI=1S/C15H29N5/c1-12(2)10-19-5-7-20(8-6-19)15(9-16)14-11-18(4)17-13(14)3/h11-12,15H,5-10,16H2,1-4H3. The predicted molar refractivity (Wildman–Crippen MR) is 82.6 cm³/mol.